The fraction of sp³-hybridized carbons (Fsp3) is 0.222. The van der Waals surface area contributed by atoms with Crippen LogP contribution >= 0.6 is 0 Å². The second-order valence-corrected chi connectivity index (χ2v) is 2.57. The van der Waals surface area contributed by atoms with Crippen molar-refractivity contribution >= 4 is 5.91 Å². The van der Waals surface area contributed by atoms with Gasteiger partial charge in [0.15, 0.2) is 0 Å². The molecule has 0 heterocycles. The molecule has 0 saturated heterocycles. The number of nitrogens with zero attached hydrogens (tertiary/aromatic N) is 1. The molecule has 0 aromatic heterocycles. The molecule has 1 radical (unpaired) electrons. The summed E-state index contributed by atoms with van der Waals surface area (Å²) in [6.45, 7) is 0. The van der Waals surface area contributed by atoms with E-state index in [-0.39, 0.29) is 5.91 Å². The molecule has 0 aliphatic carbocycles. The van der Waals surface area contributed by atoms with Gasteiger partial charge in [-0.2, -0.15) is 0 Å². The average Bonchev–Trinajstić information content (AvgIpc) is 2.05. The Hall–Kier alpha value is -1.15. The van der Waals surface area contributed by atoms with Crippen molar-refractivity contribution in [1.29, 1.82) is 0 Å². The van der Waals surface area contributed by atoms with Crippen molar-refractivity contribution in [3.63, 3.8) is 0 Å². The number of amides is 1. The number of hydrogen-bond acceptors (Lipinski definition) is 1. The molecule has 2 heteroatoms. The highest BCUT2D eigenvalue weighted by molar-refractivity contribution is 5.95. The Bertz CT molecular complexity index is 241. The van der Waals surface area contributed by atoms with Gasteiger partial charge < -0.3 is 0 Å². The first-order valence-electron chi connectivity index (χ1n) is 3.48. The predicted octanol–water partition coefficient (Wildman–Crippen LogP) is 1.23. The van der Waals surface area contributed by atoms with Gasteiger partial charge in [0.1, 0.15) is 14.1 Å². The quantitative estimate of drug-likeness (QED) is 0.551. The zero-order chi connectivity index (χ0) is 8.27. The second-order valence-electron chi connectivity index (χ2n) is 2.57. The number of carbonyl (C=O) groups is 1. The van der Waals surface area contributed by atoms with Crippen LogP contribution in [0.2, 0.25) is 0 Å². The molecule has 57 valence electrons. The predicted molar refractivity (Wildman–Crippen MR) is 44.8 cm³/mol. The molecule has 0 aliphatic rings. The molecule has 0 spiro atoms. The highest BCUT2D eigenvalue weighted by Crippen LogP contribution is 1.99. The average molecular weight is 149 g/mol. The van der Waals surface area contributed by atoms with Crippen molar-refractivity contribution in [2.24, 2.45) is 0 Å². The zero-order valence-corrected chi connectivity index (χ0v) is 6.74. The maximum atomic E-state index is 11.3. The van der Waals surface area contributed by atoms with Crippen LogP contribution in [0.4, 0.5) is 0 Å². The highest BCUT2D eigenvalue weighted by Gasteiger charge is 2.16. The standard InChI is InChI=1S/C9H11NO/c1-10(2)9(11)8-6-4-3-5-7-8/h3-7H,1-2H3/q+1. The van der Waals surface area contributed by atoms with Gasteiger partial charge in [-0.15, -0.1) is 4.90 Å². The summed E-state index contributed by atoms with van der Waals surface area (Å²) >= 11 is 0. The highest BCUT2D eigenvalue weighted by atomic mass is 16.2. The molecule has 0 fully saturated rings. The number of carbonyl (C=O) groups excluding carboxylic acids is 1. The van der Waals surface area contributed by atoms with Crippen molar-refractivity contribution in [1.82, 2.24) is 4.90 Å². The summed E-state index contributed by atoms with van der Waals surface area (Å²) in [4.78, 5) is 12.8. The van der Waals surface area contributed by atoms with Crippen molar-refractivity contribution in [3.05, 3.63) is 35.9 Å². The molecule has 0 N–H and O–H groups in total. The van der Waals surface area contributed by atoms with Gasteiger partial charge in [-0.25, -0.2) is 4.79 Å². The number of benzene rings is 1. The minimum atomic E-state index is 0.0469. The molecular weight excluding hydrogens is 138 g/mol. The molecule has 0 atom stereocenters. The van der Waals surface area contributed by atoms with Crippen LogP contribution in [0.3, 0.4) is 0 Å². The maximum absolute atomic E-state index is 11.3. The first kappa shape index (κ1) is 7.95. The molecule has 2 nitrogen and oxygen atoms in total. The van der Waals surface area contributed by atoms with E-state index < -0.39 is 0 Å². The molecule has 1 aromatic rings. The molecule has 0 saturated carbocycles. The Kier molecular flexibility index (Phi) is 2.39. The lowest BCUT2D eigenvalue weighted by Crippen LogP contribution is -2.27. The summed E-state index contributed by atoms with van der Waals surface area (Å²) < 4.78 is 0. The monoisotopic (exact) mass is 149 g/mol. The van der Waals surface area contributed by atoms with Gasteiger partial charge >= 0.3 is 5.91 Å². The van der Waals surface area contributed by atoms with E-state index in [9.17, 15) is 4.79 Å². The summed E-state index contributed by atoms with van der Waals surface area (Å²) in [7, 11) is 3.49. The van der Waals surface area contributed by atoms with E-state index in [1.807, 2.05) is 30.3 Å². The number of rotatable bonds is 1. The van der Waals surface area contributed by atoms with Crippen LogP contribution in [0.5, 0.6) is 0 Å². The van der Waals surface area contributed by atoms with Gasteiger partial charge in [-0.1, -0.05) is 18.2 Å². The summed E-state index contributed by atoms with van der Waals surface area (Å²) in [5.74, 6) is 0.0469. The molecule has 1 aromatic carbocycles. The first-order valence-corrected chi connectivity index (χ1v) is 3.48. The second kappa shape index (κ2) is 3.30. The summed E-state index contributed by atoms with van der Waals surface area (Å²) in [5, 5.41) is 0. The summed E-state index contributed by atoms with van der Waals surface area (Å²) in [6.07, 6.45) is 0. The summed E-state index contributed by atoms with van der Waals surface area (Å²) in [5.41, 5.74) is 0.734. The van der Waals surface area contributed by atoms with Crippen molar-refractivity contribution in [2.75, 3.05) is 14.1 Å². The van der Waals surface area contributed by atoms with E-state index in [2.05, 4.69) is 0 Å². The molecule has 1 rings (SSSR count). The SMILES string of the molecule is C[N+](C)C(=O)c1ccccc1. The Balaban J connectivity index is 2.86. The van der Waals surface area contributed by atoms with Crippen LogP contribution in [0.15, 0.2) is 30.3 Å². The smallest absolute Gasteiger partial charge is 0.220 e. The fourth-order valence-electron chi connectivity index (χ4n) is 0.839. The lowest BCUT2D eigenvalue weighted by molar-refractivity contribution is 0.0904. The van der Waals surface area contributed by atoms with Crippen molar-refractivity contribution in [2.45, 2.75) is 0 Å². The molecule has 0 bridgehead atoms. The van der Waals surface area contributed by atoms with E-state index >= 15 is 0 Å². The molecule has 0 unspecified atom stereocenters. The summed E-state index contributed by atoms with van der Waals surface area (Å²) in [6, 6.07) is 9.23. The van der Waals surface area contributed by atoms with Crippen LogP contribution in [0.1, 0.15) is 10.4 Å². The van der Waals surface area contributed by atoms with Gasteiger partial charge in [-0.3, -0.25) is 0 Å². The third-order valence-corrected chi connectivity index (χ3v) is 1.43. The van der Waals surface area contributed by atoms with E-state index in [1.54, 1.807) is 19.0 Å². The van der Waals surface area contributed by atoms with Gasteiger partial charge in [-0.05, 0) is 12.1 Å². The Morgan fingerprint density at radius 3 is 2.18 bits per heavy atom. The third-order valence-electron chi connectivity index (χ3n) is 1.43. The Morgan fingerprint density at radius 2 is 1.73 bits per heavy atom. The van der Waals surface area contributed by atoms with Crippen LogP contribution in [0, 0.1) is 0 Å². The van der Waals surface area contributed by atoms with Gasteiger partial charge in [0, 0.05) is 0 Å². The van der Waals surface area contributed by atoms with Crippen LogP contribution < -0.4 is 4.90 Å². The lowest BCUT2D eigenvalue weighted by atomic mass is 10.2. The third kappa shape index (κ3) is 1.88. The zero-order valence-electron chi connectivity index (χ0n) is 6.74. The number of hydrogen-bond donors (Lipinski definition) is 0. The maximum Gasteiger partial charge on any atom is 0.392 e. The van der Waals surface area contributed by atoms with Gasteiger partial charge in [0.25, 0.3) is 0 Å². The van der Waals surface area contributed by atoms with Crippen LogP contribution in [-0.4, -0.2) is 20.0 Å². The molecule has 1 amide bonds. The van der Waals surface area contributed by atoms with Gasteiger partial charge in [0.05, 0.1) is 5.56 Å². The topological polar surface area (TPSA) is 23.0 Å². The Morgan fingerprint density at radius 1 is 1.18 bits per heavy atom. The van der Waals surface area contributed by atoms with Crippen molar-refractivity contribution < 1.29 is 4.79 Å². The fourth-order valence-corrected chi connectivity index (χ4v) is 0.839. The van der Waals surface area contributed by atoms with E-state index in [4.69, 9.17) is 0 Å². The van der Waals surface area contributed by atoms with E-state index in [1.165, 1.54) is 0 Å². The lowest BCUT2D eigenvalue weighted by Gasteiger charge is -1.96. The normalized spacial score (nSPS) is 10.1. The van der Waals surface area contributed by atoms with Crippen LogP contribution in [-0.2, 0) is 0 Å². The van der Waals surface area contributed by atoms with E-state index in [0.29, 0.717) is 0 Å². The minimum absolute atomic E-state index is 0.0469. The Labute approximate surface area is 66.4 Å². The first-order chi connectivity index (χ1) is 5.22. The minimum Gasteiger partial charge on any atom is -0.220 e. The van der Waals surface area contributed by atoms with Crippen molar-refractivity contribution in [3.8, 4) is 0 Å². The molecule has 11 heavy (non-hydrogen) atoms. The molecular formula is C9H11NO+. The molecule has 0 aliphatic heterocycles. The van der Waals surface area contributed by atoms with Gasteiger partial charge in [0.2, 0.25) is 0 Å². The van der Waals surface area contributed by atoms with Crippen LogP contribution in [0.25, 0.3) is 0 Å². The largest absolute Gasteiger partial charge is 0.392 e. The van der Waals surface area contributed by atoms with E-state index in [0.717, 1.165) is 5.56 Å².